The molecule has 0 saturated heterocycles. The second-order valence-corrected chi connectivity index (χ2v) is 3.83. The molecule has 1 rings (SSSR count). The van der Waals surface area contributed by atoms with E-state index in [0.717, 1.165) is 0 Å². The lowest BCUT2D eigenvalue weighted by Gasteiger charge is -2.17. The number of amides is 1. The Hall–Kier alpha value is -1.90. The number of carbonyl (C=O) groups is 1. The minimum Gasteiger partial charge on any atom is -0.380 e. The fraction of sp³-hybridized carbons (Fsp3) is 0.429. The summed E-state index contributed by atoms with van der Waals surface area (Å²) in [6, 6.07) is 3.51. The average Bonchev–Trinajstić information content (AvgIpc) is 2.44. The van der Waals surface area contributed by atoms with E-state index in [4.69, 9.17) is 10.5 Å². The van der Waals surface area contributed by atoms with Gasteiger partial charge >= 0.3 is 0 Å². The molecule has 0 fully saturated rings. The number of pyridine rings is 1. The number of ether oxygens (including phenoxy) is 1. The van der Waals surface area contributed by atoms with E-state index < -0.39 is 0 Å². The van der Waals surface area contributed by atoms with Crippen molar-refractivity contribution >= 4 is 5.91 Å². The molecule has 0 radical (unpaired) electrons. The summed E-state index contributed by atoms with van der Waals surface area (Å²) in [5, 5.41) is 0. The van der Waals surface area contributed by atoms with Crippen LogP contribution >= 0.6 is 0 Å². The van der Waals surface area contributed by atoms with Gasteiger partial charge in [-0.05, 0) is 19.1 Å². The predicted molar refractivity (Wildman–Crippen MR) is 73.6 cm³/mol. The van der Waals surface area contributed by atoms with Crippen molar-refractivity contribution in [3.05, 3.63) is 29.6 Å². The molecule has 0 unspecified atom stereocenters. The highest BCUT2D eigenvalue weighted by molar-refractivity contribution is 5.94. The smallest absolute Gasteiger partial charge is 0.273 e. The molecule has 1 aromatic rings. The number of likely N-dealkylation sites (N-methyl/N-ethyl adjacent to an activating group) is 1. The monoisotopic (exact) mass is 261 g/mol. The van der Waals surface area contributed by atoms with Crippen LogP contribution in [0, 0.1) is 11.8 Å². The summed E-state index contributed by atoms with van der Waals surface area (Å²) in [4.78, 5) is 17.9. The molecule has 5 nitrogen and oxygen atoms in total. The Morgan fingerprint density at radius 3 is 3.05 bits per heavy atom. The Morgan fingerprint density at radius 2 is 2.37 bits per heavy atom. The highest BCUT2D eigenvalue weighted by atomic mass is 16.5. The maximum Gasteiger partial charge on any atom is 0.273 e. The zero-order valence-corrected chi connectivity index (χ0v) is 11.3. The molecule has 1 aromatic heterocycles. The van der Waals surface area contributed by atoms with E-state index in [-0.39, 0.29) is 12.5 Å². The van der Waals surface area contributed by atoms with Crippen molar-refractivity contribution in [2.45, 2.75) is 6.92 Å². The minimum atomic E-state index is -0.165. The first-order valence-corrected chi connectivity index (χ1v) is 6.17. The van der Waals surface area contributed by atoms with Crippen molar-refractivity contribution in [1.29, 1.82) is 0 Å². The van der Waals surface area contributed by atoms with E-state index in [9.17, 15) is 4.79 Å². The summed E-state index contributed by atoms with van der Waals surface area (Å²) in [5.74, 6) is 5.43. The number of hydrogen-bond donors (Lipinski definition) is 1. The Labute approximate surface area is 113 Å². The molecule has 0 aliphatic carbocycles. The predicted octanol–water partition coefficient (Wildman–Crippen LogP) is 0.500. The van der Waals surface area contributed by atoms with Crippen LogP contribution in [0.3, 0.4) is 0 Å². The van der Waals surface area contributed by atoms with Gasteiger partial charge in [0.15, 0.2) is 0 Å². The number of hydrogen-bond acceptors (Lipinski definition) is 4. The summed E-state index contributed by atoms with van der Waals surface area (Å²) in [5.41, 5.74) is 6.29. The van der Waals surface area contributed by atoms with E-state index in [1.807, 2.05) is 6.92 Å². The third-order valence-corrected chi connectivity index (χ3v) is 2.46. The number of aromatic nitrogens is 1. The summed E-state index contributed by atoms with van der Waals surface area (Å²) in [7, 11) is 1.72. The normalized spacial score (nSPS) is 9.63. The van der Waals surface area contributed by atoms with Gasteiger partial charge in [0, 0.05) is 26.4 Å². The molecule has 1 amide bonds. The Bertz CT molecular complexity index is 477. The van der Waals surface area contributed by atoms with Crippen LogP contribution in [-0.4, -0.2) is 49.1 Å². The van der Waals surface area contributed by atoms with Gasteiger partial charge in [-0.2, -0.15) is 0 Å². The lowest BCUT2D eigenvalue weighted by Crippen LogP contribution is -2.31. The number of carbonyl (C=O) groups excluding carboxylic acids is 1. The molecule has 0 saturated carbocycles. The molecule has 102 valence electrons. The van der Waals surface area contributed by atoms with Crippen LogP contribution in [0.25, 0.3) is 0 Å². The fourth-order valence-corrected chi connectivity index (χ4v) is 1.45. The largest absolute Gasteiger partial charge is 0.380 e. The Balaban J connectivity index is 2.81. The highest BCUT2D eigenvalue weighted by Gasteiger charge is 2.15. The second-order valence-electron chi connectivity index (χ2n) is 3.83. The molecule has 0 aliphatic heterocycles. The van der Waals surface area contributed by atoms with E-state index in [0.29, 0.717) is 31.0 Å². The van der Waals surface area contributed by atoms with Crippen molar-refractivity contribution in [3.63, 3.8) is 0 Å². The van der Waals surface area contributed by atoms with Crippen LogP contribution in [0.2, 0.25) is 0 Å². The van der Waals surface area contributed by atoms with E-state index >= 15 is 0 Å². The summed E-state index contributed by atoms with van der Waals surface area (Å²) < 4.78 is 5.23. The van der Waals surface area contributed by atoms with Crippen molar-refractivity contribution in [1.82, 2.24) is 9.88 Å². The first-order valence-electron chi connectivity index (χ1n) is 6.17. The van der Waals surface area contributed by atoms with Crippen molar-refractivity contribution in [3.8, 4) is 11.8 Å². The first-order chi connectivity index (χ1) is 9.20. The molecule has 2 N–H and O–H groups in total. The standard InChI is InChI=1S/C14H19N3O2/c1-3-19-11-10-17(2)14(18)13-12(6-4-8-15)7-5-9-16-13/h5,7,9H,3,8,10-11,15H2,1-2H3. The van der Waals surface area contributed by atoms with Gasteiger partial charge in [0.05, 0.1) is 18.7 Å². The molecule has 5 heteroatoms. The lowest BCUT2D eigenvalue weighted by molar-refractivity contribution is 0.0704. The quantitative estimate of drug-likeness (QED) is 0.619. The van der Waals surface area contributed by atoms with Crippen LogP contribution in [-0.2, 0) is 4.74 Å². The highest BCUT2D eigenvalue weighted by Crippen LogP contribution is 2.06. The number of nitrogens with two attached hydrogens (primary N) is 1. The summed E-state index contributed by atoms with van der Waals surface area (Å²) in [6.07, 6.45) is 1.58. The Kier molecular flexibility index (Phi) is 6.58. The number of rotatable bonds is 5. The van der Waals surface area contributed by atoms with Crippen molar-refractivity contribution in [2.75, 3.05) is 33.4 Å². The molecule has 0 aliphatic rings. The van der Waals surface area contributed by atoms with E-state index in [1.54, 1.807) is 30.3 Å². The topological polar surface area (TPSA) is 68.5 Å². The first kappa shape index (κ1) is 15.2. The third-order valence-electron chi connectivity index (χ3n) is 2.46. The molecule has 1 heterocycles. The van der Waals surface area contributed by atoms with Crippen LogP contribution in [0.4, 0.5) is 0 Å². The zero-order valence-electron chi connectivity index (χ0n) is 11.3. The van der Waals surface area contributed by atoms with Gasteiger partial charge < -0.3 is 15.4 Å². The number of nitrogens with zero attached hydrogens (tertiary/aromatic N) is 2. The molecule has 19 heavy (non-hydrogen) atoms. The molecular formula is C14H19N3O2. The van der Waals surface area contributed by atoms with Crippen molar-refractivity contribution < 1.29 is 9.53 Å². The van der Waals surface area contributed by atoms with Gasteiger partial charge in [0.25, 0.3) is 5.91 Å². The van der Waals surface area contributed by atoms with Crippen LogP contribution in [0.1, 0.15) is 23.0 Å². The van der Waals surface area contributed by atoms with Gasteiger partial charge in [-0.1, -0.05) is 11.8 Å². The van der Waals surface area contributed by atoms with E-state index in [2.05, 4.69) is 16.8 Å². The second kappa shape index (κ2) is 8.25. The molecule has 0 atom stereocenters. The van der Waals surface area contributed by atoms with Crippen LogP contribution in [0.5, 0.6) is 0 Å². The Morgan fingerprint density at radius 1 is 1.58 bits per heavy atom. The SMILES string of the molecule is CCOCCN(C)C(=O)c1ncccc1C#CCN. The third kappa shape index (κ3) is 4.70. The minimum absolute atomic E-state index is 0.165. The summed E-state index contributed by atoms with van der Waals surface area (Å²) in [6.45, 7) is 3.84. The zero-order chi connectivity index (χ0) is 14.1. The molecule has 0 aromatic carbocycles. The van der Waals surface area contributed by atoms with E-state index in [1.165, 1.54) is 0 Å². The lowest BCUT2D eigenvalue weighted by atomic mass is 10.2. The maximum absolute atomic E-state index is 12.2. The van der Waals surface area contributed by atoms with Gasteiger partial charge in [-0.3, -0.25) is 4.79 Å². The van der Waals surface area contributed by atoms with Gasteiger partial charge in [0.2, 0.25) is 0 Å². The van der Waals surface area contributed by atoms with Crippen LogP contribution in [0.15, 0.2) is 18.3 Å². The maximum atomic E-state index is 12.2. The van der Waals surface area contributed by atoms with Crippen LogP contribution < -0.4 is 5.73 Å². The molecule has 0 spiro atoms. The van der Waals surface area contributed by atoms with Gasteiger partial charge in [-0.15, -0.1) is 0 Å². The molecular weight excluding hydrogens is 242 g/mol. The molecule has 0 bridgehead atoms. The average molecular weight is 261 g/mol. The summed E-state index contributed by atoms with van der Waals surface area (Å²) >= 11 is 0. The van der Waals surface area contributed by atoms with Gasteiger partial charge in [0.1, 0.15) is 5.69 Å². The van der Waals surface area contributed by atoms with Gasteiger partial charge in [-0.25, -0.2) is 4.98 Å². The van der Waals surface area contributed by atoms with Crippen molar-refractivity contribution in [2.24, 2.45) is 5.73 Å². The fourth-order valence-electron chi connectivity index (χ4n) is 1.45.